The molecule has 4 rings (SSSR count). The minimum atomic E-state index is -0.436. The van der Waals surface area contributed by atoms with Crippen molar-refractivity contribution in [3.05, 3.63) is 84.1 Å². The van der Waals surface area contributed by atoms with Crippen molar-refractivity contribution in [2.75, 3.05) is 0 Å². The van der Waals surface area contributed by atoms with E-state index in [2.05, 4.69) is 20.5 Å². The van der Waals surface area contributed by atoms with Crippen LogP contribution in [0.15, 0.2) is 71.4 Å². The number of hydrogen-bond donors (Lipinski definition) is 2. The highest BCUT2D eigenvalue weighted by Crippen LogP contribution is 2.22. The number of aromatic nitrogens is 3. The first-order valence-corrected chi connectivity index (χ1v) is 7.51. The predicted molar refractivity (Wildman–Crippen MR) is 88.3 cm³/mol. The molecule has 0 spiro atoms. The molecule has 1 amide bonds. The van der Waals surface area contributed by atoms with Crippen LogP contribution >= 0.6 is 0 Å². The molecule has 24 heavy (non-hydrogen) atoms. The van der Waals surface area contributed by atoms with E-state index in [1.54, 1.807) is 6.07 Å². The smallest absolute Gasteiger partial charge is 0.287 e. The van der Waals surface area contributed by atoms with Gasteiger partial charge in [-0.05, 0) is 17.7 Å². The number of nitrogens with one attached hydrogen (secondary N) is 2. The molecule has 4 aromatic rings. The van der Waals surface area contributed by atoms with Crippen LogP contribution in [0.25, 0.3) is 11.0 Å². The van der Waals surface area contributed by atoms with Gasteiger partial charge in [0.25, 0.3) is 5.91 Å². The van der Waals surface area contributed by atoms with Crippen LogP contribution in [-0.4, -0.2) is 21.1 Å². The predicted octanol–water partition coefficient (Wildman–Crippen LogP) is 3.07. The van der Waals surface area contributed by atoms with E-state index in [0.29, 0.717) is 11.4 Å². The monoisotopic (exact) mass is 318 g/mol. The Hall–Kier alpha value is -3.41. The molecule has 1 atom stereocenters. The van der Waals surface area contributed by atoms with Crippen molar-refractivity contribution in [3.8, 4) is 0 Å². The van der Waals surface area contributed by atoms with Crippen LogP contribution in [-0.2, 0) is 0 Å². The molecule has 0 aliphatic carbocycles. The largest absolute Gasteiger partial charge is 0.451 e. The number of hydrogen-bond acceptors (Lipinski definition) is 4. The average Bonchev–Trinajstić information content (AvgIpc) is 3.29. The molecule has 2 aromatic heterocycles. The fourth-order valence-electron chi connectivity index (χ4n) is 2.61. The molecule has 2 aromatic carbocycles. The number of para-hydroxylation sites is 1. The standard InChI is InChI=1S/C18H14N4O2/c23-18(15-10-13-8-4-5-9-14(13)24-15)21-16(17-19-11-20-22-17)12-6-2-1-3-7-12/h1-11,16H,(H,21,23)(H,19,20,22)/t16-/m1/s1. The lowest BCUT2D eigenvalue weighted by Gasteiger charge is -2.15. The molecule has 0 fully saturated rings. The molecule has 0 unspecified atom stereocenters. The maximum Gasteiger partial charge on any atom is 0.287 e. The van der Waals surface area contributed by atoms with E-state index in [-0.39, 0.29) is 11.7 Å². The summed E-state index contributed by atoms with van der Waals surface area (Å²) in [5.41, 5.74) is 1.58. The number of carbonyl (C=O) groups is 1. The fraction of sp³-hybridized carbons (Fsp3) is 0.0556. The first-order chi connectivity index (χ1) is 11.8. The van der Waals surface area contributed by atoms with Gasteiger partial charge in [-0.3, -0.25) is 9.89 Å². The van der Waals surface area contributed by atoms with Gasteiger partial charge in [0.15, 0.2) is 11.6 Å². The van der Waals surface area contributed by atoms with Crippen LogP contribution in [0.5, 0.6) is 0 Å². The quantitative estimate of drug-likeness (QED) is 0.605. The van der Waals surface area contributed by atoms with Crippen LogP contribution in [0.2, 0.25) is 0 Å². The summed E-state index contributed by atoms with van der Waals surface area (Å²) in [6.07, 6.45) is 1.42. The number of amides is 1. The summed E-state index contributed by atoms with van der Waals surface area (Å²) in [5.74, 6) is 0.513. The van der Waals surface area contributed by atoms with E-state index in [0.717, 1.165) is 10.9 Å². The van der Waals surface area contributed by atoms with Crippen LogP contribution in [0, 0.1) is 0 Å². The highest BCUT2D eigenvalue weighted by molar-refractivity contribution is 5.96. The Kier molecular flexibility index (Phi) is 3.55. The zero-order chi connectivity index (χ0) is 16.4. The topological polar surface area (TPSA) is 83.8 Å². The minimum Gasteiger partial charge on any atom is -0.451 e. The van der Waals surface area contributed by atoms with E-state index < -0.39 is 6.04 Å². The van der Waals surface area contributed by atoms with E-state index in [4.69, 9.17) is 4.42 Å². The van der Waals surface area contributed by atoms with Gasteiger partial charge in [0, 0.05) is 5.39 Å². The molecule has 2 N–H and O–H groups in total. The maximum atomic E-state index is 12.6. The van der Waals surface area contributed by atoms with Crippen molar-refractivity contribution in [2.45, 2.75) is 6.04 Å². The number of benzene rings is 2. The Morgan fingerprint density at radius 2 is 1.88 bits per heavy atom. The average molecular weight is 318 g/mol. The molecule has 0 aliphatic rings. The lowest BCUT2D eigenvalue weighted by Crippen LogP contribution is -2.29. The van der Waals surface area contributed by atoms with E-state index in [1.165, 1.54) is 6.33 Å². The maximum absolute atomic E-state index is 12.6. The van der Waals surface area contributed by atoms with Crippen molar-refractivity contribution < 1.29 is 9.21 Å². The second-order valence-electron chi connectivity index (χ2n) is 5.34. The second-order valence-corrected chi connectivity index (χ2v) is 5.34. The van der Waals surface area contributed by atoms with Gasteiger partial charge in [0.2, 0.25) is 0 Å². The molecule has 118 valence electrons. The van der Waals surface area contributed by atoms with Gasteiger partial charge in [-0.25, -0.2) is 4.98 Å². The highest BCUT2D eigenvalue weighted by Gasteiger charge is 2.22. The van der Waals surface area contributed by atoms with Gasteiger partial charge < -0.3 is 9.73 Å². The van der Waals surface area contributed by atoms with Crippen molar-refractivity contribution in [3.63, 3.8) is 0 Å². The summed E-state index contributed by atoms with van der Waals surface area (Å²) in [6.45, 7) is 0. The first kappa shape index (κ1) is 14.2. The van der Waals surface area contributed by atoms with Gasteiger partial charge in [0.05, 0.1) is 0 Å². The SMILES string of the molecule is O=C(N[C@H](c1ccccc1)c1ncn[nH]1)c1cc2ccccc2o1. The Balaban J connectivity index is 1.66. The number of aromatic amines is 1. The zero-order valence-corrected chi connectivity index (χ0v) is 12.6. The van der Waals surface area contributed by atoms with Crippen molar-refractivity contribution in [1.82, 2.24) is 20.5 Å². The highest BCUT2D eigenvalue weighted by atomic mass is 16.3. The van der Waals surface area contributed by atoms with Crippen LogP contribution in [0.1, 0.15) is 28.0 Å². The summed E-state index contributed by atoms with van der Waals surface area (Å²) in [7, 11) is 0. The third-order valence-electron chi connectivity index (χ3n) is 3.76. The summed E-state index contributed by atoms with van der Waals surface area (Å²) >= 11 is 0. The molecule has 0 radical (unpaired) electrons. The summed E-state index contributed by atoms with van der Waals surface area (Å²) < 4.78 is 5.63. The zero-order valence-electron chi connectivity index (χ0n) is 12.6. The Labute approximate surface area is 137 Å². The number of rotatable bonds is 4. The third-order valence-corrected chi connectivity index (χ3v) is 3.76. The minimum absolute atomic E-state index is 0.261. The van der Waals surface area contributed by atoms with Gasteiger partial charge >= 0.3 is 0 Å². The van der Waals surface area contributed by atoms with E-state index in [1.807, 2.05) is 54.6 Å². The molecular formula is C18H14N4O2. The van der Waals surface area contributed by atoms with E-state index >= 15 is 0 Å². The van der Waals surface area contributed by atoms with Gasteiger partial charge in [0.1, 0.15) is 18.0 Å². The molecule has 0 saturated carbocycles. The van der Waals surface area contributed by atoms with Crippen molar-refractivity contribution >= 4 is 16.9 Å². The van der Waals surface area contributed by atoms with Crippen LogP contribution in [0.4, 0.5) is 0 Å². The molecule has 6 nitrogen and oxygen atoms in total. The number of nitrogens with zero attached hydrogens (tertiary/aromatic N) is 2. The van der Waals surface area contributed by atoms with Crippen LogP contribution in [0.3, 0.4) is 0 Å². The molecule has 2 heterocycles. The van der Waals surface area contributed by atoms with Gasteiger partial charge in [-0.2, -0.15) is 5.10 Å². The number of fused-ring (bicyclic) bond motifs is 1. The Bertz CT molecular complexity index is 928. The summed E-state index contributed by atoms with van der Waals surface area (Å²) in [4.78, 5) is 16.8. The molecule has 0 bridgehead atoms. The molecule has 0 saturated heterocycles. The number of H-pyrrole nitrogens is 1. The van der Waals surface area contributed by atoms with Gasteiger partial charge in [-0.15, -0.1) is 0 Å². The van der Waals surface area contributed by atoms with E-state index in [9.17, 15) is 4.79 Å². The summed E-state index contributed by atoms with van der Waals surface area (Å²) in [5, 5.41) is 10.5. The third kappa shape index (κ3) is 2.65. The van der Waals surface area contributed by atoms with Crippen molar-refractivity contribution in [2.24, 2.45) is 0 Å². The molecule has 0 aliphatic heterocycles. The lowest BCUT2D eigenvalue weighted by molar-refractivity contribution is 0.0916. The normalized spacial score (nSPS) is 12.2. The van der Waals surface area contributed by atoms with Crippen molar-refractivity contribution in [1.29, 1.82) is 0 Å². The lowest BCUT2D eigenvalue weighted by atomic mass is 10.1. The molecular weight excluding hydrogens is 304 g/mol. The Morgan fingerprint density at radius 3 is 2.62 bits per heavy atom. The number of furan rings is 1. The summed E-state index contributed by atoms with van der Waals surface area (Å²) in [6, 6.07) is 18.4. The number of carbonyl (C=O) groups excluding carboxylic acids is 1. The second kappa shape index (κ2) is 6.00. The first-order valence-electron chi connectivity index (χ1n) is 7.51. The molecule has 6 heteroatoms. The fourth-order valence-corrected chi connectivity index (χ4v) is 2.61. The van der Waals surface area contributed by atoms with Crippen LogP contribution < -0.4 is 5.32 Å². The van der Waals surface area contributed by atoms with Gasteiger partial charge in [-0.1, -0.05) is 48.5 Å². The Morgan fingerprint density at radius 1 is 1.08 bits per heavy atom.